The van der Waals surface area contributed by atoms with Crippen LogP contribution >= 0.6 is 0 Å². The molecule has 0 aliphatic heterocycles. The Bertz CT molecular complexity index is 1040. The molecule has 2 aromatic carbocycles. The molecule has 4 aromatic rings. The van der Waals surface area contributed by atoms with E-state index in [0.29, 0.717) is 0 Å². The molecule has 2 aromatic heterocycles. The van der Waals surface area contributed by atoms with Crippen LogP contribution in [0.3, 0.4) is 0 Å². The summed E-state index contributed by atoms with van der Waals surface area (Å²) in [5.74, 6) is -0.362. The van der Waals surface area contributed by atoms with Crippen molar-refractivity contribution in [3.05, 3.63) is 100 Å². The number of benzene rings is 2. The number of hydrogen-bond donors (Lipinski definition) is 1. The number of rotatable bonds is 5. The van der Waals surface area contributed by atoms with Crippen molar-refractivity contribution in [3.8, 4) is 11.3 Å². The monoisotopic (exact) mass is 343 g/mol. The van der Waals surface area contributed by atoms with Crippen LogP contribution in [0.25, 0.3) is 22.2 Å². The average molecular weight is 343 g/mol. The van der Waals surface area contributed by atoms with E-state index in [0.717, 1.165) is 33.3 Å². The summed E-state index contributed by atoms with van der Waals surface area (Å²) in [5, 5.41) is 12.5. The highest BCUT2D eigenvalue weighted by molar-refractivity contribution is 5.92. The van der Waals surface area contributed by atoms with E-state index in [2.05, 4.69) is 9.97 Å². The quantitative estimate of drug-likeness (QED) is 0.424. The molecule has 0 fully saturated rings. The van der Waals surface area contributed by atoms with E-state index in [-0.39, 0.29) is 17.4 Å². The van der Waals surface area contributed by atoms with E-state index in [4.69, 9.17) is 0 Å². The molecule has 128 valence electrons. The molecule has 5 heteroatoms. The minimum atomic E-state index is -0.362. The van der Waals surface area contributed by atoms with Crippen LogP contribution in [-0.4, -0.2) is 21.4 Å². The van der Waals surface area contributed by atoms with Crippen molar-refractivity contribution in [2.75, 3.05) is 6.54 Å². The maximum atomic E-state index is 11.4. The maximum Gasteiger partial charge on any atom is 0.214 e. The molecule has 4 rings (SSSR count). The third-order valence-electron chi connectivity index (χ3n) is 4.60. The van der Waals surface area contributed by atoms with Gasteiger partial charge in [0.1, 0.15) is 0 Å². The third kappa shape index (κ3) is 2.95. The molecule has 2 heterocycles. The van der Waals surface area contributed by atoms with Crippen LogP contribution in [0, 0.1) is 10.1 Å². The summed E-state index contributed by atoms with van der Waals surface area (Å²) in [4.78, 5) is 18.7. The van der Waals surface area contributed by atoms with Crippen molar-refractivity contribution < 1.29 is 4.92 Å². The fourth-order valence-corrected chi connectivity index (χ4v) is 3.47. The van der Waals surface area contributed by atoms with Crippen LogP contribution < -0.4 is 0 Å². The molecule has 0 aliphatic carbocycles. The van der Waals surface area contributed by atoms with Gasteiger partial charge >= 0.3 is 0 Å². The van der Waals surface area contributed by atoms with Gasteiger partial charge in [0.25, 0.3) is 0 Å². The van der Waals surface area contributed by atoms with Gasteiger partial charge in [-0.15, -0.1) is 0 Å². The fraction of sp³-hybridized carbons (Fsp3) is 0.0952. The molecule has 1 unspecified atom stereocenters. The average Bonchev–Trinajstić information content (AvgIpc) is 3.07. The van der Waals surface area contributed by atoms with Crippen molar-refractivity contribution in [1.29, 1.82) is 0 Å². The summed E-state index contributed by atoms with van der Waals surface area (Å²) >= 11 is 0. The Labute approximate surface area is 150 Å². The topological polar surface area (TPSA) is 71.8 Å². The number of nitro groups is 1. The van der Waals surface area contributed by atoms with Gasteiger partial charge in [0.05, 0.1) is 11.6 Å². The van der Waals surface area contributed by atoms with Gasteiger partial charge in [-0.25, -0.2) is 0 Å². The lowest BCUT2D eigenvalue weighted by molar-refractivity contribution is -0.481. The fourth-order valence-electron chi connectivity index (χ4n) is 3.47. The van der Waals surface area contributed by atoms with E-state index in [1.54, 1.807) is 12.4 Å². The second-order valence-electron chi connectivity index (χ2n) is 6.17. The van der Waals surface area contributed by atoms with Crippen LogP contribution in [0.2, 0.25) is 0 Å². The zero-order valence-electron chi connectivity index (χ0n) is 14.0. The van der Waals surface area contributed by atoms with Gasteiger partial charge in [-0.2, -0.15) is 0 Å². The summed E-state index contributed by atoms with van der Waals surface area (Å²) in [6.07, 6.45) is 3.36. The Morgan fingerprint density at radius 2 is 1.65 bits per heavy atom. The summed E-state index contributed by atoms with van der Waals surface area (Å²) in [7, 11) is 0. The van der Waals surface area contributed by atoms with Gasteiger partial charge in [-0.1, -0.05) is 48.5 Å². The van der Waals surface area contributed by atoms with E-state index in [1.165, 1.54) is 0 Å². The molecule has 1 N–H and O–H groups in total. The van der Waals surface area contributed by atoms with Crippen molar-refractivity contribution in [2.24, 2.45) is 0 Å². The molecule has 0 spiro atoms. The Hall–Kier alpha value is -3.47. The van der Waals surface area contributed by atoms with Crippen molar-refractivity contribution >= 4 is 10.9 Å². The third-order valence-corrected chi connectivity index (χ3v) is 4.60. The Balaban J connectivity index is 1.99. The summed E-state index contributed by atoms with van der Waals surface area (Å²) < 4.78 is 0. The Morgan fingerprint density at radius 1 is 0.962 bits per heavy atom. The van der Waals surface area contributed by atoms with Crippen molar-refractivity contribution in [2.45, 2.75) is 5.92 Å². The predicted molar refractivity (Wildman–Crippen MR) is 102 cm³/mol. The lowest BCUT2D eigenvalue weighted by atomic mass is 9.88. The molecule has 0 bridgehead atoms. The highest BCUT2D eigenvalue weighted by Crippen LogP contribution is 2.38. The van der Waals surface area contributed by atoms with E-state index in [1.807, 2.05) is 66.7 Å². The number of aromatic amines is 1. The van der Waals surface area contributed by atoms with E-state index < -0.39 is 0 Å². The first-order chi connectivity index (χ1) is 12.7. The smallest absolute Gasteiger partial charge is 0.214 e. The number of H-pyrrole nitrogens is 1. The standard InChI is InChI=1S/C21H17N3O2/c25-24(26)14-18(15-10-12-22-13-11-15)20-17-8-4-5-9-19(17)23-21(20)16-6-2-1-3-7-16/h1-13,18,23H,14H2. The number of fused-ring (bicyclic) bond motifs is 1. The van der Waals surface area contributed by atoms with Gasteiger partial charge in [0.2, 0.25) is 6.54 Å². The SMILES string of the molecule is O=[N+]([O-])CC(c1ccncc1)c1c(-c2ccccc2)[nH]c2ccccc12. The van der Waals surface area contributed by atoms with Crippen LogP contribution in [0.5, 0.6) is 0 Å². The van der Waals surface area contributed by atoms with Gasteiger partial charge in [-0.3, -0.25) is 15.1 Å². The number of para-hydroxylation sites is 1. The first-order valence-electron chi connectivity index (χ1n) is 8.42. The largest absolute Gasteiger partial charge is 0.354 e. The Morgan fingerprint density at radius 3 is 2.38 bits per heavy atom. The van der Waals surface area contributed by atoms with Crippen LogP contribution in [0.1, 0.15) is 17.0 Å². The number of nitrogens with zero attached hydrogens (tertiary/aromatic N) is 2. The van der Waals surface area contributed by atoms with Crippen LogP contribution in [0.4, 0.5) is 0 Å². The lowest BCUT2D eigenvalue weighted by Gasteiger charge is -2.15. The molecule has 0 aliphatic rings. The highest BCUT2D eigenvalue weighted by Gasteiger charge is 2.27. The molecule has 1 atom stereocenters. The van der Waals surface area contributed by atoms with E-state index >= 15 is 0 Å². The zero-order valence-corrected chi connectivity index (χ0v) is 14.0. The van der Waals surface area contributed by atoms with Gasteiger partial charge in [0, 0.05) is 28.2 Å². The number of pyridine rings is 1. The number of hydrogen-bond acceptors (Lipinski definition) is 3. The first kappa shape index (κ1) is 16.0. The second kappa shape index (κ2) is 6.80. The summed E-state index contributed by atoms with van der Waals surface area (Å²) in [6.45, 7) is -0.175. The normalized spacial score (nSPS) is 12.2. The number of aromatic nitrogens is 2. The first-order valence-corrected chi connectivity index (χ1v) is 8.42. The van der Waals surface area contributed by atoms with Gasteiger partial charge in [-0.05, 0) is 34.9 Å². The minimum Gasteiger partial charge on any atom is -0.354 e. The summed E-state index contributed by atoms with van der Waals surface area (Å²) in [5.41, 5.74) is 4.76. The summed E-state index contributed by atoms with van der Waals surface area (Å²) in [6, 6.07) is 21.6. The number of nitrogens with one attached hydrogen (secondary N) is 1. The van der Waals surface area contributed by atoms with Crippen molar-refractivity contribution in [1.82, 2.24) is 9.97 Å². The van der Waals surface area contributed by atoms with Gasteiger partial charge < -0.3 is 4.98 Å². The molecular weight excluding hydrogens is 326 g/mol. The molecular formula is C21H17N3O2. The lowest BCUT2D eigenvalue weighted by Crippen LogP contribution is -2.14. The van der Waals surface area contributed by atoms with E-state index in [9.17, 15) is 10.1 Å². The second-order valence-corrected chi connectivity index (χ2v) is 6.17. The minimum absolute atomic E-state index is 0.175. The molecule has 0 amide bonds. The Kier molecular flexibility index (Phi) is 4.19. The highest BCUT2D eigenvalue weighted by atomic mass is 16.6. The molecule has 0 radical (unpaired) electrons. The molecule has 26 heavy (non-hydrogen) atoms. The zero-order chi connectivity index (χ0) is 17.9. The van der Waals surface area contributed by atoms with Gasteiger partial charge in [0.15, 0.2) is 0 Å². The predicted octanol–water partition coefficient (Wildman–Crippen LogP) is 4.64. The van der Waals surface area contributed by atoms with Crippen LogP contribution in [-0.2, 0) is 0 Å². The maximum absolute atomic E-state index is 11.4. The molecule has 0 saturated carbocycles. The van der Waals surface area contributed by atoms with Crippen molar-refractivity contribution in [3.63, 3.8) is 0 Å². The van der Waals surface area contributed by atoms with Crippen LogP contribution in [0.15, 0.2) is 79.1 Å². The molecule has 0 saturated heterocycles. The molecule has 5 nitrogen and oxygen atoms in total.